The molecule has 1 saturated heterocycles. The Morgan fingerprint density at radius 1 is 0.643 bits per heavy atom. The van der Waals surface area contributed by atoms with Crippen molar-refractivity contribution in [2.24, 2.45) is 0 Å². The monoisotopic (exact) mass is 755 g/mol. The molecule has 1 fully saturated rings. The van der Waals surface area contributed by atoms with E-state index in [1.54, 1.807) is 5.48 Å². The molecule has 5 aromatic carbocycles. The lowest BCUT2D eigenvalue weighted by Crippen LogP contribution is -2.39. The minimum absolute atomic E-state index is 0.00365. The van der Waals surface area contributed by atoms with Crippen molar-refractivity contribution in [3.63, 3.8) is 0 Å². The van der Waals surface area contributed by atoms with Crippen molar-refractivity contribution in [3.8, 4) is 11.1 Å². The Balaban J connectivity index is 1.14. The number of ether oxygens (including phenoxy) is 2. The van der Waals surface area contributed by atoms with E-state index in [0.717, 1.165) is 72.3 Å². The molecule has 0 aromatic heterocycles. The average molecular weight is 756 g/mol. The molecule has 1 heterocycles. The van der Waals surface area contributed by atoms with Crippen LogP contribution in [0.2, 0.25) is 0 Å². The van der Waals surface area contributed by atoms with Crippen molar-refractivity contribution in [1.29, 1.82) is 0 Å². The number of amides is 2. The van der Waals surface area contributed by atoms with Crippen LogP contribution >= 0.6 is 0 Å². The first-order chi connectivity index (χ1) is 27.5. The Labute approximate surface area is 330 Å². The summed E-state index contributed by atoms with van der Waals surface area (Å²) in [5.41, 5.74) is 10.1. The number of aliphatic hydroxyl groups is 1. The number of carbonyl (C=O) groups excluding carboxylic acids is 2. The van der Waals surface area contributed by atoms with Gasteiger partial charge in [0, 0.05) is 51.0 Å². The van der Waals surface area contributed by atoms with E-state index in [4.69, 9.17) is 14.7 Å². The molecule has 56 heavy (non-hydrogen) atoms. The fourth-order valence-corrected chi connectivity index (χ4v) is 7.23. The quantitative estimate of drug-likeness (QED) is 0.0379. The molecule has 0 aliphatic carbocycles. The summed E-state index contributed by atoms with van der Waals surface area (Å²) in [5.74, 6) is -0.386. The van der Waals surface area contributed by atoms with E-state index in [0.29, 0.717) is 25.8 Å². The minimum atomic E-state index is -0.581. The summed E-state index contributed by atoms with van der Waals surface area (Å²) in [6.07, 6.45) is 3.62. The van der Waals surface area contributed by atoms with E-state index in [2.05, 4.69) is 89.1 Å². The van der Waals surface area contributed by atoms with Gasteiger partial charge < -0.3 is 19.9 Å². The van der Waals surface area contributed by atoms with Crippen LogP contribution < -0.4 is 10.8 Å². The fraction of sp³-hybridized carbons (Fsp3) is 0.319. The second kappa shape index (κ2) is 21.2. The number of rotatable bonds is 19. The van der Waals surface area contributed by atoms with Gasteiger partial charge in [0.2, 0.25) is 11.8 Å². The third-order valence-electron chi connectivity index (χ3n) is 10.2. The summed E-state index contributed by atoms with van der Waals surface area (Å²) >= 11 is 0. The molecule has 292 valence electrons. The van der Waals surface area contributed by atoms with E-state index in [9.17, 15) is 14.7 Å². The highest BCUT2D eigenvalue weighted by Gasteiger charge is 2.33. The van der Waals surface area contributed by atoms with Gasteiger partial charge in [0.15, 0.2) is 6.29 Å². The molecule has 0 bridgehead atoms. The number of hydrogen-bond acceptors (Lipinski definition) is 7. The first kappa shape index (κ1) is 40.5. The molecule has 1 aliphatic heterocycles. The van der Waals surface area contributed by atoms with Gasteiger partial charge >= 0.3 is 0 Å². The average Bonchev–Trinajstić information content (AvgIpc) is 3.24. The number of hydroxylamine groups is 1. The van der Waals surface area contributed by atoms with E-state index >= 15 is 0 Å². The van der Waals surface area contributed by atoms with Gasteiger partial charge in [-0.05, 0) is 51.8 Å². The molecule has 6 rings (SSSR count). The Morgan fingerprint density at radius 2 is 1.23 bits per heavy atom. The van der Waals surface area contributed by atoms with Crippen LogP contribution in [0.25, 0.3) is 11.1 Å². The van der Waals surface area contributed by atoms with Crippen molar-refractivity contribution in [3.05, 3.63) is 167 Å². The van der Waals surface area contributed by atoms with Crippen molar-refractivity contribution in [1.82, 2.24) is 15.7 Å². The normalized spacial score (nSPS) is 16.7. The van der Waals surface area contributed by atoms with Gasteiger partial charge in [0.1, 0.15) is 0 Å². The highest BCUT2D eigenvalue weighted by molar-refractivity contribution is 5.76. The van der Waals surface area contributed by atoms with Crippen LogP contribution in [0.3, 0.4) is 0 Å². The largest absolute Gasteiger partial charge is 0.392 e. The molecule has 0 spiro atoms. The lowest BCUT2D eigenvalue weighted by atomic mass is 9.97. The first-order valence-electron chi connectivity index (χ1n) is 19.7. The maximum Gasteiger partial charge on any atom is 0.243 e. The molecule has 9 heteroatoms. The van der Waals surface area contributed by atoms with E-state index < -0.39 is 6.29 Å². The molecule has 9 nitrogen and oxygen atoms in total. The van der Waals surface area contributed by atoms with Crippen molar-refractivity contribution < 1.29 is 29.4 Å². The van der Waals surface area contributed by atoms with Crippen LogP contribution in [0.5, 0.6) is 0 Å². The summed E-state index contributed by atoms with van der Waals surface area (Å²) in [6, 6.07) is 45.5. The zero-order valence-corrected chi connectivity index (χ0v) is 31.9. The topological polar surface area (TPSA) is 120 Å². The summed E-state index contributed by atoms with van der Waals surface area (Å²) in [5, 5.41) is 21.4. The maximum atomic E-state index is 12.7. The number of benzene rings is 5. The van der Waals surface area contributed by atoms with Gasteiger partial charge in [0.25, 0.3) is 0 Å². The Morgan fingerprint density at radius 3 is 1.86 bits per heavy atom. The molecule has 0 saturated carbocycles. The predicted octanol–water partition coefficient (Wildman–Crippen LogP) is 8.56. The van der Waals surface area contributed by atoms with Crippen molar-refractivity contribution >= 4 is 11.8 Å². The second-order valence-electron chi connectivity index (χ2n) is 14.5. The molecule has 1 aliphatic rings. The molecule has 0 unspecified atom stereocenters. The predicted molar refractivity (Wildman–Crippen MR) is 217 cm³/mol. The lowest BCUT2D eigenvalue weighted by molar-refractivity contribution is -0.253. The van der Waals surface area contributed by atoms with Gasteiger partial charge in [-0.1, -0.05) is 146 Å². The maximum absolute atomic E-state index is 12.7. The molecular formula is C47H53N3O6. The van der Waals surface area contributed by atoms with Gasteiger partial charge in [-0.2, -0.15) is 0 Å². The molecule has 3 atom stereocenters. The minimum Gasteiger partial charge on any atom is -0.392 e. The highest BCUT2D eigenvalue weighted by Crippen LogP contribution is 2.39. The van der Waals surface area contributed by atoms with Crippen LogP contribution in [0.15, 0.2) is 133 Å². The standard InChI is InChI=1S/C47H53N3O6/c51-34-37-21-23-39(24-22-37)44-29-42(33-50(31-35-13-5-3-6-14-35)32-36-15-7-4-8-16-36)55-47(56-44)40-27-25-38(26-28-40)43-18-12-11-17-41(43)30-48-45(52)19-9-1-2-10-20-46(53)49-54/h3-8,11-18,21-28,42,44,47,51,54H,1-2,9-10,19-20,29-34H2,(H,48,52)(H,49,53)/t42-,44+,47+/m1/s1. The summed E-state index contributed by atoms with van der Waals surface area (Å²) in [6.45, 7) is 2.71. The first-order valence-corrected chi connectivity index (χ1v) is 19.7. The van der Waals surface area contributed by atoms with Gasteiger partial charge in [-0.15, -0.1) is 0 Å². The van der Waals surface area contributed by atoms with E-state index in [1.807, 2.05) is 54.6 Å². The Bertz CT molecular complexity index is 1900. The van der Waals surface area contributed by atoms with Crippen LogP contribution in [-0.4, -0.2) is 39.7 Å². The number of aliphatic hydroxyl groups excluding tert-OH is 1. The lowest BCUT2D eigenvalue weighted by Gasteiger charge is -2.38. The van der Waals surface area contributed by atoms with E-state index in [-0.39, 0.29) is 37.0 Å². The fourth-order valence-electron chi connectivity index (χ4n) is 7.23. The zero-order valence-electron chi connectivity index (χ0n) is 31.9. The van der Waals surface area contributed by atoms with Crippen molar-refractivity contribution in [2.45, 2.75) is 89.7 Å². The molecular weight excluding hydrogens is 703 g/mol. The molecule has 0 radical (unpaired) electrons. The molecule has 4 N–H and O–H groups in total. The third kappa shape index (κ3) is 12.2. The smallest absolute Gasteiger partial charge is 0.243 e. The number of nitrogens with zero attached hydrogens (tertiary/aromatic N) is 1. The van der Waals surface area contributed by atoms with Gasteiger partial charge in [-0.25, -0.2) is 5.48 Å². The molecule has 5 aromatic rings. The van der Waals surface area contributed by atoms with Crippen LogP contribution in [0.1, 0.15) is 90.7 Å². The zero-order chi connectivity index (χ0) is 39.0. The second-order valence-corrected chi connectivity index (χ2v) is 14.5. The molecule has 2 amide bonds. The van der Waals surface area contributed by atoms with Crippen LogP contribution in [0, 0.1) is 0 Å². The summed E-state index contributed by atoms with van der Waals surface area (Å²) < 4.78 is 13.5. The number of carbonyl (C=O) groups is 2. The highest BCUT2D eigenvalue weighted by atomic mass is 16.7. The third-order valence-corrected chi connectivity index (χ3v) is 10.2. The van der Waals surface area contributed by atoms with E-state index in [1.165, 1.54) is 11.1 Å². The summed E-state index contributed by atoms with van der Waals surface area (Å²) in [7, 11) is 0. The number of hydrogen-bond donors (Lipinski definition) is 4. The number of unbranched alkanes of at least 4 members (excludes halogenated alkanes) is 3. The number of nitrogens with one attached hydrogen (secondary N) is 2. The SMILES string of the molecule is O=C(CCCCCCC(=O)NCc1ccccc1-c1ccc([C@H]2O[C@@H](CN(Cc3ccccc3)Cc3ccccc3)C[C@@H](c3ccc(CO)cc3)O2)cc1)NO. The van der Waals surface area contributed by atoms with Gasteiger partial charge in [0.05, 0.1) is 18.8 Å². The van der Waals surface area contributed by atoms with Gasteiger partial charge in [-0.3, -0.25) is 19.7 Å². The van der Waals surface area contributed by atoms with Crippen molar-refractivity contribution in [2.75, 3.05) is 6.54 Å². The Hall–Kier alpha value is -5.16. The Kier molecular flexibility index (Phi) is 15.4. The summed E-state index contributed by atoms with van der Waals surface area (Å²) in [4.78, 5) is 26.3. The van der Waals surface area contributed by atoms with Crippen LogP contribution in [-0.2, 0) is 45.3 Å². The van der Waals surface area contributed by atoms with Crippen LogP contribution in [0.4, 0.5) is 0 Å².